The molecule has 2 saturated heterocycles. The van der Waals surface area contributed by atoms with Crippen LogP contribution in [-0.2, 0) is 6.54 Å². The monoisotopic (exact) mass is 232 g/mol. The Balaban J connectivity index is 1.64. The Bertz CT molecular complexity index is 368. The van der Waals surface area contributed by atoms with Gasteiger partial charge < -0.3 is 5.21 Å². The maximum absolute atomic E-state index is 9.87. The van der Waals surface area contributed by atoms with E-state index in [4.69, 9.17) is 0 Å². The Labute approximate surface area is 103 Å². The van der Waals surface area contributed by atoms with Gasteiger partial charge in [0.25, 0.3) is 0 Å². The van der Waals surface area contributed by atoms with E-state index in [0.29, 0.717) is 12.0 Å². The molecule has 17 heavy (non-hydrogen) atoms. The quantitative estimate of drug-likeness (QED) is 0.844. The maximum Gasteiger partial charge on any atom is 0.0517 e. The van der Waals surface area contributed by atoms with Crippen molar-refractivity contribution in [3.63, 3.8) is 0 Å². The standard InChI is InChI=1S/C14H20N2O/c17-16-8-4-7-13-10-15(11-14(13)16)9-12-5-2-1-3-6-12/h1-3,5-6,13-14,17H,4,7-11H2. The van der Waals surface area contributed by atoms with Crippen LogP contribution in [0.2, 0.25) is 0 Å². The fraction of sp³-hybridized carbons (Fsp3) is 0.571. The molecule has 2 unspecified atom stereocenters. The van der Waals surface area contributed by atoms with Gasteiger partial charge >= 0.3 is 0 Å². The Morgan fingerprint density at radius 1 is 1.18 bits per heavy atom. The zero-order valence-electron chi connectivity index (χ0n) is 10.1. The number of hydroxylamine groups is 2. The third-order valence-electron chi connectivity index (χ3n) is 4.08. The Kier molecular flexibility index (Phi) is 3.14. The smallest absolute Gasteiger partial charge is 0.0517 e. The minimum absolute atomic E-state index is 0.368. The van der Waals surface area contributed by atoms with Crippen LogP contribution in [0.15, 0.2) is 30.3 Å². The number of likely N-dealkylation sites (tertiary alicyclic amines) is 1. The zero-order chi connectivity index (χ0) is 11.7. The van der Waals surface area contributed by atoms with Gasteiger partial charge in [0.1, 0.15) is 0 Å². The molecule has 0 amide bonds. The third-order valence-corrected chi connectivity index (χ3v) is 4.08. The van der Waals surface area contributed by atoms with E-state index in [1.165, 1.54) is 12.0 Å². The largest absolute Gasteiger partial charge is 0.314 e. The van der Waals surface area contributed by atoms with Crippen LogP contribution in [0.1, 0.15) is 18.4 Å². The first kappa shape index (κ1) is 11.2. The second-order valence-electron chi connectivity index (χ2n) is 5.31. The Hall–Kier alpha value is -0.900. The van der Waals surface area contributed by atoms with Gasteiger partial charge in [-0.05, 0) is 24.3 Å². The Morgan fingerprint density at radius 2 is 2.00 bits per heavy atom. The van der Waals surface area contributed by atoms with E-state index in [1.807, 2.05) is 0 Å². The van der Waals surface area contributed by atoms with Crippen molar-refractivity contribution in [2.75, 3.05) is 19.6 Å². The van der Waals surface area contributed by atoms with Crippen molar-refractivity contribution in [3.8, 4) is 0 Å². The van der Waals surface area contributed by atoms with Gasteiger partial charge in [-0.2, -0.15) is 5.06 Å². The molecule has 1 aromatic rings. The molecular formula is C14H20N2O. The second kappa shape index (κ2) is 4.77. The van der Waals surface area contributed by atoms with Gasteiger partial charge in [-0.1, -0.05) is 30.3 Å². The lowest BCUT2D eigenvalue weighted by Crippen LogP contribution is -2.42. The van der Waals surface area contributed by atoms with Crippen molar-refractivity contribution in [3.05, 3.63) is 35.9 Å². The van der Waals surface area contributed by atoms with Crippen molar-refractivity contribution in [1.82, 2.24) is 9.96 Å². The summed E-state index contributed by atoms with van der Waals surface area (Å²) >= 11 is 0. The predicted molar refractivity (Wildman–Crippen MR) is 66.7 cm³/mol. The summed E-state index contributed by atoms with van der Waals surface area (Å²) in [6.45, 7) is 4.01. The zero-order valence-corrected chi connectivity index (χ0v) is 10.1. The van der Waals surface area contributed by atoms with Crippen molar-refractivity contribution in [2.24, 2.45) is 5.92 Å². The molecule has 2 atom stereocenters. The van der Waals surface area contributed by atoms with Gasteiger partial charge in [0, 0.05) is 26.2 Å². The summed E-state index contributed by atoms with van der Waals surface area (Å²) in [6, 6.07) is 11.0. The highest BCUT2D eigenvalue weighted by Gasteiger charge is 2.38. The molecule has 1 N–H and O–H groups in total. The molecule has 0 bridgehead atoms. The lowest BCUT2D eigenvalue weighted by molar-refractivity contribution is -0.148. The molecule has 0 spiro atoms. The minimum Gasteiger partial charge on any atom is -0.314 e. The molecule has 2 heterocycles. The van der Waals surface area contributed by atoms with Crippen LogP contribution in [0.25, 0.3) is 0 Å². The predicted octanol–water partition coefficient (Wildman–Crippen LogP) is 1.97. The molecule has 2 fully saturated rings. The average Bonchev–Trinajstić information content (AvgIpc) is 2.74. The summed E-state index contributed by atoms with van der Waals surface area (Å²) < 4.78 is 0. The first-order chi connectivity index (χ1) is 8.33. The van der Waals surface area contributed by atoms with Crippen LogP contribution >= 0.6 is 0 Å². The molecule has 0 aliphatic carbocycles. The second-order valence-corrected chi connectivity index (χ2v) is 5.31. The average molecular weight is 232 g/mol. The van der Waals surface area contributed by atoms with E-state index in [1.54, 1.807) is 5.06 Å². The number of hydrogen-bond acceptors (Lipinski definition) is 3. The van der Waals surface area contributed by atoms with E-state index >= 15 is 0 Å². The SMILES string of the molecule is ON1CCCC2CN(Cc3ccccc3)CC21. The molecule has 3 heteroatoms. The molecule has 2 aliphatic rings. The van der Waals surface area contributed by atoms with Crippen LogP contribution in [-0.4, -0.2) is 40.8 Å². The summed E-state index contributed by atoms with van der Waals surface area (Å²) in [5.74, 6) is 0.664. The number of nitrogens with zero attached hydrogens (tertiary/aromatic N) is 2. The highest BCUT2D eigenvalue weighted by Crippen LogP contribution is 2.30. The maximum atomic E-state index is 9.87. The van der Waals surface area contributed by atoms with E-state index in [2.05, 4.69) is 35.2 Å². The molecule has 2 aliphatic heterocycles. The third kappa shape index (κ3) is 2.37. The molecule has 0 aromatic heterocycles. The normalized spacial score (nSPS) is 30.4. The fourth-order valence-electron chi connectivity index (χ4n) is 3.21. The first-order valence-electron chi connectivity index (χ1n) is 6.55. The lowest BCUT2D eigenvalue weighted by Gasteiger charge is -2.31. The van der Waals surface area contributed by atoms with E-state index < -0.39 is 0 Å². The molecule has 92 valence electrons. The van der Waals surface area contributed by atoms with Crippen molar-refractivity contribution >= 4 is 0 Å². The van der Waals surface area contributed by atoms with Crippen LogP contribution < -0.4 is 0 Å². The van der Waals surface area contributed by atoms with Gasteiger partial charge in [0.15, 0.2) is 0 Å². The summed E-state index contributed by atoms with van der Waals surface area (Å²) in [5, 5.41) is 11.4. The van der Waals surface area contributed by atoms with E-state index in [9.17, 15) is 5.21 Å². The van der Waals surface area contributed by atoms with Crippen molar-refractivity contribution < 1.29 is 5.21 Å². The summed E-state index contributed by atoms with van der Waals surface area (Å²) in [6.07, 6.45) is 2.41. The van der Waals surface area contributed by atoms with Crippen LogP contribution in [0.5, 0.6) is 0 Å². The minimum atomic E-state index is 0.368. The van der Waals surface area contributed by atoms with Crippen LogP contribution in [0.4, 0.5) is 0 Å². The Morgan fingerprint density at radius 3 is 2.76 bits per heavy atom. The molecule has 0 radical (unpaired) electrons. The summed E-state index contributed by atoms with van der Waals surface area (Å²) in [4.78, 5) is 2.47. The highest BCUT2D eigenvalue weighted by atomic mass is 16.5. The number of piperidine rings is 1. The molecule has 3 rings (SSSR count). The molecule has 1 aromatic carbocycles. The van der Waals surface area contributed by atoms with Crippen LogP contribution in [0, 0.1) is 5.92 Å². The van der Waals surface area contributed by atoms with Gasteiger partial charge in [-0.3, -0.25) is 4.90 Å². The highest BCUT2D eigenvalue weighted by molar-refractivity contribution is 5.14. The number of fused-ring (bicyclic) bond motifs is 1. The van der Waals surface area contributed by atoms with Crippen LogP contribution in [0.3, 0.4) is 0 Å². The number of hydrogen-bond donors (Lipinski definition) is 1. The topological polar surface area (TPSA) is 26.7 Å². The summed E-state index contributed by atoms with van der Waals surface area (Å²) in [7, 11) is 0. The van der Waals surface area contributed by atoms with E-state index in [-0.39, 0.29) is 0 Å². The number of benzene rings is 1. The molecule has 0 saturated carbocycles. The van der Waals surface area contributed by atoms with Gasteiger partial charge in [0.05, 0.1) is 6.04 Å². The fourth-order valence-corrected chi connectivity index (χ4v) is 3.21. The lowest BCUT2D eigenvalue weighted by atomic mass is 9.94. The molecular weight excluding hydrogens is 212 g/mol. The van der Waals surface area contributed by atoms with Gasteiger partial charge in [0.2, 0.25) is 0 Å². The number of rotatable bonds is 2. The van der Waals surface area contributed by atoms with Crippen molar-refractivity contribution in [2.45, 2.75) is 25.4 Å². The van der Waals surface area contributed by atoms with E-state index in [0.717, 1.165) is 32.6 Å². The van der Waals surface area contributed by atoms with Gasteiger partial charge in [-0.15, -0.1) is 0 Å². The van der Waals surface area contributed by atoms with Gasteiger partial charge in [-0.25, -0.2) is 0 Å². The molecule has 3 nitrogen and oxygen atoms in total. The first-order valence-corrected chi connectivity index (χ1v) is 6.55. The summed E-state index contributed by atoms with van der Waals surface area (Å²) in [5.41, 5.74) is 1.37. The van der Waals surface area contributed by atoms with Crippen molar-refractivity contribution in [1.29, 1.82) is 0 Å².